The van der Waals surface area contributed by atoms with Crippen molar-refractivity contribution in [2.45, 2.75) is 13.8 Å². The number of hydrogen-bond donors (Lipinski definition) is 0. The largest absolute Gasteiger partial charge is 0.122 e. The predicted molar refractivity (Wildman–Crippen MR) is 38.7 cm³/mol. The standard InChI is InChI=1S/C5H12ClP/c1-3-7(4-2)5-6/h3-5H2,1-2H3. The quantitative estimate of drug-likeness (QED) is 0.416. The molecule has 0 aliphatic carbocycles. The zero-order valence-corrected chi connectivity index (χ0v) is 6.60. The third kappa shape index (κ3) is 3.32. The lowest BCUT2D eigenvalue weighted by Gasteiger charge is -2.05. The van der Waals surface area contributed by atoms with Crippen LogP contribution in [0.5, 0.6) is 0 Å². The fraction of sp³-hybridized carbons (Fsp3) is 1.00. The monoisotopic (exact) mass is 138 g/mol. The van der Waals surface area contributed by atoms with Crippen molar-refractivity contribution in [3.8, 4) is 0 Å². The van der Waals surface area contributed by atoms with E-state index >= 15 is 0 Å². The van der Waals surface area contributed by atoms with Crippen LogP contribution in [-0.4, -0.2) is 17.9 Å². The van der Waals surface area contributed by atoms with Crippen LogP contribution in [0.1, 0.15) is 13.8 Å². The van der Waals surface area contributed by atoms with Gasteiger partial charge in [0.15, 0.2) is 0 Å². The molecule has 0 aromatic carbocycles. The molecular weight excluding hydrogens is 126 g/mol. The minimum atomic E-state index is 0.211. The van der Waals surface area contributed by atoms with Gasteiger partial charge in [0.25, 0.3) is 0 Å². The Balaban J connectivity index is 2.99. The summed E-state index contributed by atoms with van der Waals surface area (Å²) in [4.78, 5) is 0. The molecule has 0 rings (SSSR count). The molecule has 0 amide bonds. The summed E-state index contributed by atoms with van der Waals surface area (Å²) in [5, 5.41) is 0. The van der Waals surface area contributed by atoms with Gasteiger partial charge in [0.05, 0.1) is 0 Å². The maximum Gasteiger partial charge on any atom is 0.0423 e. The second-order valence-corrected chi connectivity index (χ2v) is 4.99. The van der Waals surface area contributed by atoms with Gasteiger partial charge < -0.3 is 0 Å². The van der Waals surface area contributed by atoms with E-state index in [1.807, 2.05) is 0 Å². The Labute approximate surface area is 52.0 Å². The van der Waals surface area contributed by atoms with Crippen LogP contribution < -0.4 is 0 Å². The van der Waals surface area contributed by atoms with E-state index in [1.165, 1.54) is 12.3 Å². The first-order valence-electron chi connectivity index (χ1n) is 2.63. The van der Waals surface area contributed by atoms with Crippen LogP contribution in [0.3, 0.4) is 0 Å². The molecule has 0 aromatic heterocycles. The summed E-state index contributed by atoms with van der Waals surface area (Å²) in [6, 6.07) is 0. The highest BCUT2D eigenvalue weighted by atomic mass is 35.5. The zero-order valence-electron chi connectivity index (χ0n) is 4.95. The maximum absolute atomic E-state index is 5.60. The van der Waals surface area contributed by atoms with Crippen molar-refractivity contribution in [2.24, 2.45) is 0 Å². The number of hydrogen-bond acceptors (Lipinski definition) is 0. The molecule has 0 atom stereocenters. The Morgan fingerprint density at radius 1 is 1.29 bits per heavy atom. The van der Waals surface area contributed by atoms with Gasteiger partial charge in [-0.3, -0.25) is 0 Å². The first-order chi connectivity index (χ1) is 3.35. The molecule has 0 fully saturated rings. The van der Waals surface area contributed by atoms with Gasteiger partial charge in [0.2, 0.25) is 0 Å². The van der Waals surface area contributed by atoms with Gasteiger partial charge in [-0.2, -0.15) is 0 Å². The molecule has 0 N–H and O–H groups in total. The molecule has 0 radical (unpaired) electrons. The number of halogens is 1. The second kappa shape index (κ2) is 4.87. The summed E-state index contributed by atoms with van der Waals surface area (Å²) < 4.78 is 0. The first kappa shape index (κ1) is 7.72. The highest BCUT2D eigenvalue weighted by Crippen LogP contribution is 2.34. The fourth-order valence-electron chi connectivity index (χ4n) is 0.393. The molecule has 0 saturated heterocycles. The van der Waals surface area contributed by atoms with E-state index in [0.717, 1.165) is 5.62 Å². The summed E-state index contributed by atoms with van der Waals surface area (Å²) in [6.07, 6.45) is 2.57. The van der Waals surface area contributed by atoms with Gasteiger partial charge in [-0.05, 0) is 12.3 Å². The highest BCUT2D eigenvalue weighted by Gasteiger charge is 1.95. The Morgan fingerprint density at radius 3 is 1.71 bits per heavy atom. The van der Waals surface area contributed by atoms with Crippen LogP contribution in [0.15, 0.2) is 0 Å². The van der Waals surface area contributed by atoms with Gasteiger partial charge in [0.1, 0.15) is 0 Å². The average Bonchev–Trinajstić information content (AvgIpc) is 1.72. The van der Waals surface area contributed by atoms with Gasteiger partial charge in [-0.1, -0.05) is 21.8 Å². The minimum absolute atomic E-state index is 0.211. The molecule has 0 unspecified atom stereocenters. The van der Waals surface area contributed by atoms with Crippen molar-refractivity contribution in [1.29, 1.82) is 0 Å². The second-order valence-electron chi connectivity index (χ2n) is 1.42. The lowest BCUT2D eigenvalue weighted by Crippen LogP contribution is -1.81. The molecular formula is C5H12ClP. The Bertz CT molecular complexity index is 29.6. The molecule has 2 heteroatoms. The van der Waals surface area contributed by atoms with E-state index in [4.69, 9.17) is 11.6 Å². The van der Waals surface area contributed by atoms with E-state index in [2.05, 4.69) is 13.8 Å². The molecule has 0 aromatic rings. The molecule has 0 spiro atoms. The van der Waals surface area contributed by atoms with Crippen molar-refractivity contribution in [3.05, 3.63) is 0 Å². The van der Waals surface area contributed by atoms with Gasteiger partial charge >= 0.3 is 0 Å². The molecule has 0 aliphatic heterocycles. The number of alkyl halides is 1. The normalized spacial score (nSPS) is 10.3. The smallest absolute Gasteiger partial charge is 0.0423 e. The van der Waals surface area contributed by atoms with E-state index < -0.39 is 0 Å². The van der Waals surface area contributed by atoms with Crippen molar-refractivity contribution in [1.82, 2.24) is 0 Å². The van der Waals surface area contributed by atoms with E-state index in [-0.39, 0.29) is 7.92 Å². The molecule has 44 valence electrons. The summed E-state index contributed by atoms with van der Waals surface area (Å²) in [6.45, 7) is 4.41. The first-order valence-corrected chi connectivity index (χ1v) is 5.06. The summed E-state index contributed by atoms with van der Waals surface area (Å²) in [5.41, 5.74) is 0.891. The third-order valence-corrected chi connectivity index (χ3v) is 4.20. The Morgan fingerprint density at radius 2 is 1.71 bits per heavy atom. The lowest BCUT2D eigenvalue weighted by atomic mass is 11.0. The van der Waals surface area contributed by atoms with Gasteiger partial charge in [0, 0.05) is 5.62 Å². The Hall–Kier alpha value is 0.720. The highest BCUT2D eigenvalue weighted by molar-refractivity contribution is 7.59. The fourth-order valence-corrected chi connectivity index (χ4v) is 2.19. The van der Waals surface area contributed by atoms with Crippen LogP contribution in [-0.2, 0) is 0 Å². The van der Waals surface area contributed by atoms with Crippen LogP contribution in [0.2, 0.25) is 0 Å². The third-order valence-electron chi connectivity index (χ3n) is 1.06. The average molecular weight is 139 g/mol. The zero-order chi connectivity index (χ0) is 5.70. The SMILES string of the molecule is CCP(CC)CCl. The van der Waals surface area contributed by atoms with E-state index in [0.29, 0.717) is 0 Å². The van der Waals surface area contributed by atoms with E-state index in [9.17, 15) is 0 Å². The molecule has 0 bridgehead atoms. The maximum atomic E-state index is 5.60. The summed E-state index contributed by atoms with van der Waals surface area (Å²) in [5.74, 6) is 0. The lowest BCUT2D eigenvalue weighted by molar-refractivity contribution is 1.41. The van der Waals surface area contributed by atoms with Crippen LogP contribution in [0, 0.1) is 0 Å². The number of rotatable bonds is 3. The van der Waals surface area contributed by atoms with Crippen molar-refractivity contribution >= 4 is 19.5 Å². The summed E-state index contributed by atoms with van der Waals surface area (Å²) in [7, 11) is 0.211. The van der Waals surface area contributed by atoms with Crippen LogP contribution >= 0.6 is 19.5 Å². The Kier molecular flexibility index (Phi) is 5.37. The topological polar surface area (TPSA) is 0 Å². The molecule has 0 heterocycles. The van der Waals surface area contributed by atoms with Crippen molar-refractivity contribution < 1.29 is 0 Å². The van der Waals surface area contributed by atoms with Crippen molar-refractivity contribution in [3.63, 3.8) is 0 Å². The minimum Gasteiger partial charge on any atom is -0.122 e. The van der Waals surface area contributed by atoms with E-state index in [1.54, 1.807) is 0 Å². The molecule has 0 aliphatic rings. The summed E-state index contributed by atoms with van der Waals surface area (Å²) >= 11 is 5.60. The predicted octanol–water partition coefficient (Wildman–Crippen LogP) is 2.70. The van der Waals surface area contributed by atoms with Crippen molar-refractivity contribution in [2.75, 3.05) is 17.9 Å². The van der Waals surface area contributed by atoms with Gasteiger partial charge in [-0.15, -0.1) is 11.6 Å². The molecule has 7 heavy (non-hydrogen) atoms. The van der Waals surface area contributed by atoms with Crippen LogP contribution in [0.4, 0.5) is 0 Å². The van der Waals surface area contributed by atoms with Gasteiger partial charge in [-0.25, -0.2) is 0 Å². The molecule has 0 nitrogen and oxygen atoms in total. The van der Waals surface area contributed by atoms with Crippen LogP contribution in [0.25, 0.3) is 0 Å². The molecule has 0 saturated carbocycles.